The van der Waals surface area contributed by atoms with Crippen LogP contribution in [0.25, 0.3) is 22.2 Å². The van der Waals surface area contributed by atoms with Gasteiger partial charge in [0.1, 0.15) is 0 Å². The molecule has 0 radical (unpaired) electrons. The van der Waals surface area contributed by atoms with Crippen LogP contribution in [-0.4, -0.2) is 17.1 Å². The molecule has 0 aliphatic heterocycles. The van der Waals surface area contributed by atoms with Gasteiger partial charge in [-0.2, -0.15) is 0 Å². The maximum atomic E-state index is 5.16. The lowest BCUT2D eigenvalue weighted by Crippen LogP contribution is -1.87. The van der Waals surface area contributed by atoms with Gasteiger partial charge in [0, 0.05) is 36.1 Å². The molecule has 1 N–H and O–H groups in total. The highest BCUT2D eigenvalue weighted by atomic mass is 16.5. The molecular formula is C15H14N2O. The van der Waals surface area contributed by atoms with Crippen molar-refractivity contribution < 1.29 is 4.74 Å². The van der Waals surface area contributed by atoms with Crippen LogP contribution in [0.3, 0.4) is 0 Å². The maximum Gasteiger partial charge on any atom is 0.0713 e. The zero-order chi connectivity index (χ0) is 12.4. The summed E-state index contributed by atoms with van der Waals surface area (Å²) in [5.74, 6) is 0. The van der Waals surface area contributed by atoms with Crippen LogP contribution in [0, 0.1) is 0 Å². The average Bonchev–Trinajstić information content (AvgIpc) is 2.83. The molecular weight excluding hydrogens is 224 g/mol. The van der Waals surface area contributed by atoms with Crippen molar-refractivity contribution >= 4 is 10.9 Å². The third-order valence-electron chi connectivity index (χ3n) is 2.97. The number of hydrogen-bond acceptors (Lipinski definition) is 2. The quantitative estimate of drug-likeness (QED) is 0.759. The second kappa shape index (κ2) is 4.63. The molecule has 0 saturated carbocycles. The Morgan fingerprint density at radius 3 is 3.00 bits per heavy atom. The molecule has 18 heavy (non-hydrogen) atoms. The Morgan fingerprint density at radius 1 is 1.22 bits per heavy atom. The van der Waals surface area contributed by atoms with Crippen LogP contribution >= 0.6 is 0 Å². The summed E-state index contributed by atoms with van der Waals surface area (Å²) in [5, 5.41) is 1.13. The van der Waals surface area contributed by atoms with Crippen molar-refractivity contribution in [3.05, 3.63) is 54.4 Å². The third kappa shape index (κ3) is 2.00. The van der Waals surface area contributed by atoms with Gasteiger partial charge in [0.25, 0.3) is 0 Å². The zero-order valence-electron chi connectivity index (χ0n) is 10.2. The Balaban J connectivity index is 2.05. The average molecular weight is 238 g/mol. The summed E-state index contributed by atoms with van der Waals surface area (Å²) in [4.78, 5) is 7.53. The molecule has 3 rings (SSSR count). The van der Waals surface area contributed by atoms with Crippen molar-refractivity contribution in [2.24, 2.45) is 0 Å². The molecule has 0 unspecified atom stereocenters. The predicted octanol–water partition coefficient (Wildman–Crippen LogP) is 3.38. The van der Waals surface area contributed by atoms with E-state index in [-0.39, 0.29) is 0 Å². The lowest BCUT2D eigenvalue weighted by molar-refractivity contribution is 0.185. The molecule has 0 fully saturated rings. The van der Waals surface area contributed by atoms with E-state index < -0.39 is 0 Å². The Bertz CT molecular complexity index is 640. The number of methoxy groups -OCH3 is 1. The van der Waals surface area contributed by atoms with Gasteiger partial charge in [-0.05, 0) is 29.3 Å². The molecule has 0 aliphatic rings. The fourth-order valence-electron chi connectivity index (χ4n) is 2.12. The van der Waals surface area contributed by atoms with Gasteiger partial charge in [0.2, 0.25) is 0 Å². The summed E-state index contributed by atoms with van der Waals surface area (Å²) in [6.45, 7) is 0.635. The molecule has 2 heterocycles. The fourth-order valence-corrected chi connectivity index (χ4v) is 2.12. The van der Waals surface area contributed by atoms with Crippen LogP contribution in [0.4, 0.5) is 0 Å². The number of fused-ring (bicyclic) bond motifs is 1. The molecule has 3 nitrogen and oxygen atoms in total. The highest BCUT2D eigenvalue weighted by Crippen LogP contribution is 2.24. The van der Waals surface area contributed by atoms with Crippen LogP contribution in [0.2, 0.25) is 0 Å². The van der Waals surface area contributed by atoms with Gasteiger partial charge in [-0.25, -0.2) is 0 Å². The van der Waals surface area contributed by atoms with Gasteiger partial charge in [0.15, 0.2) is 0 Å². The van der Waals surface area contributed by atoms with Gasteiger partial charge in [-0.3, -0.25) is 4.98 Å². The van der Waals surface area contributed by atoms with Crippen LogP contribution in [0.15, 0.2) is 48.8 Å². The highest BCUT2D eigenvalue weighted by molar-refractivity contribution is 5.85. The lowest BCUT2D eigenvalue weighted by Gasteiger charge is -2.02. The smallest absolute Gasteiger partial charge is 0.0713 e. The summed E-state index contributed by atoms with van der Waals surface area (Å²) in [5.41, 5.74) is 4.56. The van der Waals surface area contributed by atoms with Crippen molar-refractivity contribution in [1.82, 2.24) is 9.97 Å². The first-order valence-corrected chi connectivity index (χ1v) is 5.88. The van der Waals surface area contributed by atoms with Crippen molar-refractivity contribution in [2.75, 3.05) is 7.11 Å². The molecule has 90 valence electrons. The number of aromatic amines is 1. The molecule has 0 spiro atoms. The van der Waals surface area contributed by atoms with E-state index in [4.69, 9.17) is 4.74 Å². The number of rotatable bonds is 3. The summed E-state index contributed by atoms with van der Waals surface area (Å²) < 4.78 is 5.16. The maximum absolute atomic E-state index is 5.16. The van der Waals surface area contributed by atoms with E-state index in [1.54, 1.807) is 13.3 Å². The molecule has 2 aromatic heterocycles. The van der Waals surface area contributed by atoms with E-state index in [0.717, 1.165) is 16.6 Å². The lowest BCUT2D eigenvalue weighted by atomic mass is 10.1. The van der Waals surface area contributed by atoms with E-state index in [1.807, 2.05) is 18.3 Å². The number of nitrogens with zero attached hydrogens (tertiary/aromatic N) is 1. The number of hydrogen-bond donors (Lipinski definition) is 1. The van der Waals surface area contributed by atoms with Gasteiger partial charge >= 0.3 is 0 Å². The number of ether oxygens (including phenoxy) is 1. The Labute approximate surface area is 105 Å². The number of benzene rings is 1. The molecule has 1 aromatic carbocycles. The number of H-pyrrole nitrogens is 1. The third-order valence-corrected chi connectivity index (χ3v) is 2.97. The predicted molar refractivity (Wildman–Crippen MR) is 72.2 cm³/mol. The van der Waals surface area contributed by atoms with Gasteiger partial charge < -0.3 is 9.72 Å². The number of nitrogens with one attached hydrogen (secondary N) is 1. The summed E-state index contributed by atoms with van der Waals surface area (Å²) >= 11 is 0. The van der Waals surface area contributed by atoms with Crippen LogP contribution in [-0.2, 0) is 11.3 Å². The zero-order valence-corrected chi connectivity index (χ0v) is 10.2. The molecule has 0 amide bonds. The van der Waals surface area contributed by atoms with E-state index in [9.17, 15) is 0 Å². The minimum atomic E-state index is 0.635. The van der Waals surface area contributed by atoms with Crippen molar-refractivity contribution in [2.45, 2.75) is 6.61 Å². The van der Waals surface area contributed by atoms with Crippen LogP contribution in [0.1, 0.15) is 5.56 Å². The van der Waals surface area contributed by atoms with Gasteiger partial charge in [-0.15, -0.1) is 0 Å². The Kier molecular flexibility index (Phi) is 2.82. The first-order chi connectivity index (χ1) is 8.86. The molecule has 3 heteroatoms. The topological polar surface area (TPSA) is 37.9 Å². The molecule has 3 aromatic rings. The standard InChI is InChI=1S/C15H14N2O/c1-18-10-11-3-2-4-12(7-11)15-8-13-9-16-6-5-14(13)17-15/h2-9,17H,10H2,1H3. The molecule has 0 atom stereocenters. The van der Waals surface area contributed by atoms with E-state index in [0.29, 0.717) is 6.61 Å². The Hall–Kier alpha value is -2.13. The number of pyridine rings is 1. The summed E-state index contributed by atoms with van der Waals surface area (Å²) in [6, 6.07) is 12.5. The highest BCUT2D eigenvalue weighted by Gasteiger charge is 2.03. The monoisotopic (exact) mass is 238 g/mol. The van der Waals surface area contributed by atoms with Crippen molar-refractivity contribution in [3.63, 3.8) is 0 Å². The molecule has 0 saturated heterocycles. The number of aromatic nitrogens is 2. The van der Waals surface area contributed by atoms with E-state index >= 15 is 0 Å². The van der Waals surface area contributed by atoms with Crippen molar-refractivity contribution in [3.8, 4) is 11.3 Å². The normalized spacial score (nSPS) is 10.9. The SMILES string of the molecule is COCc1cccc(-c2cc3cnccc3[nH]2)c1. The summed E-state index contributed by atoms with van der Waals surface area (Å²) in [6.07, 6.45) is 3.66. The minimum absolute atomic E-state index is 0.635. The van der Waals surface area contributed by atoms with E-state index in [1.165, 1.54) is 11.1 Å². The molecule has 0 bridgehead atoms. The van der Waals surface area contributed by atoms with Gasteiger partial charge in [-0.1, -0.05) is 18.2 Å². The minimum Gasteiger partial charge on any atom is -0.380 e. The first kappa shape index (κ1) is 11.0. The van der Waals surface area contributed by atoms with Gasteiger partial charge in [0.05, 0.1) is 6.61 Å². The van der Waals surface area contributed by atoms with E-state index in [2.05, 4.69) is 34.2 Å². The first-order valence-electron chi connectivity index (χ1n) is 5.88. The van der Waals surface area contributed by atoms with Crippen molar-refractivity contribution in [1.29, 1.82) is 0 Å². The van der Waals surface area contributed by atoms with Crippen LogP contribution < -0.4 is 0 Å². The Morgan fingerprint density at radius 2 is 2.17 bits per heavy atom. The molecule has 0 aliphatic carbocycles. The largest absolute Gasteiger partial charge is 0.380 e. The van der Waals surface area contributed by atoms with Crippen LogP contribution in [0.5, 0.6) is 0 Å². The summed E-state index contributed by atoms with van der Waals surface area (Å²) in [7, 11) is 1.71. The second-order valence-corrected chi connectivity index (χ2v) is 4.28. The fraction of sp³-hybridized carbons (Fsp3) is 0.133. The second-order valence-electron chi connectivity index (χ2n) is 4.28.